The summed E-state index contributed by atoms with van der Waals surface area (Å²) >= 11 is 5.64. The number of rotatable bonds is 6. The van der Waals surface area contributed by atoms with Crippen molar-refractivity contribution < 1.29 is 23.5 Å². The number of nitrogens with one attached hydrogen (secondary N) is 2. The molecule has 6 nitrogen and oxygen atoms in total. The second-order valence-corrected chi connectivity index (χ2v) is 8.95. The van der Waals surface area contributed by atoms with Crippen LogP contribution in [0.4, 0.5) is 4.39 Å². The topological polar surface area (TPSA) is 76.7 Å². The largest absolute Gasteiger partial charge is 0.484 e. The number of fused-ring (bicyclic) bond motifs is 2. The number of benzene rings is 1. The summed E-state index contributed by atoms with van der Waals surface area (Å²) in [4.78, 5) is 24.8. The number of ether oxygens (including phenoxy) is 2. The van der Waals surface area contributed by atoms with Crippen molar-refractivity contribution in [1.82, 2.24) is 10.6 Å². The van der Waals surface area contributed by atoms with Gasteiger partial charge in [0.15, 0.2) is 6.61 Å². The van der Waals surface area contributed by atoms with Gasteiger partial charge in [-0.2, -0.15) is 0 Å². The monoisotopic (exact) mass is 424 g/mol. The summed E-state index contributed by atoms with van der Waals surface area (Å²) < 4.78 is 24.4. The highest BCUT2D eigenvalue weighted by Gasteiger charge is 2.47. The number of carbonyl (C=O) groups excluding carboxylic acids is 2. The molecule has 4 atom stereocenters. The third-order valence-corrected chi connectivity index (χ3v) is 6.59. The van der Waals surface area contributed by atoms with Crippen LogP contribution in [-0.4, -0.2) is 43.2 Å². The number of amides is 2. The molecule has 1 saturated heterocycles. The Balaban J connectivity index is 1.26. The quantitative estimate of drug-likeness (QED) is 0.736. The Morgan fingerprint density at radius 1 is 1.17 bits per heavy atom. The Bertz CT molecular complexity index is 786. The van der Waals surface area contributed by atoms with Gasteiger partial charge in [-0.25, -0.2) is 4.39 Å². The minimum atomic E-state index is -0.586. The molecule has 0 radical (unpaired) electrons. The molecular formula is C21H26ClFN2O4. The van der Waals surface area contributed by atoms with Crippen LogP contribution >= 0.6 is 11.6 Å². The second kappa shape index (κ2) is 8.48. The van der Waals surface area contributed by atoms with Gasteiger partial charge in [0.05, 0.1) is 11.6 Å². The third-order valence-electron chi connectivity index (χ3n) is 6.28. The van der Waals surface area contributed by atoms with Crippen LogP contribution in [0.3, 0.4) is 0 Å². The summed E-state index contributed by atoms with van der Waals surface area (Å²) in [5.41, 5.74) is 0. The van der Waals surface area contributed by atoms with Crippen LogP contribution in [-0.2, 0) is 14.3 Å². The van der Waals surface area contributed by atoms with Gasteiger partial charge in [-0.05, 0) is 55.6 Å². The van der Waals surface area contributed by atoms with Crippen LogP contribution in [0.5, 0.6) is 5.75 Å². The molecule has 0 spiro atoms. The van der Waals surface area contributed by atoms with Crippen LogP contribution < -0.4 is 15.4 Å². The van der Waals surface area contributed by atoms with Gasteiger partial charge in [0.2, 0.25) is 5.91 Å². The van der Waals surface area contributed by atoms with Gasteiger partial charge in [-0.15, -0.1) is 0 Å². The van der Waals surface area contributed by atoms with E-state index in [1.54, 1.807) is 0 Å². The van der Waals surface area contributed by atoms with E-state index in [2.05, 4.69) is 17.6 Å². The molecule has 1 aliphatic heterocycles. The number of hydrogen-bond acceptors (Lipinski definition) is 4. The fourth-order valence-corrected chi connectivity index (χ4v) is 4.70. The Kier molecular flexibility index (Phi) is 5.97. The van der Waals surface area contributed by atoms with E-state index in [1.165, 1.54) is 12.1 Å². The smallest absolute Gasteiger partial charge is 0.258 e. The van der Waals surface area contributed by atoms with Crippen LogP contribution in [0.25, 0.3) is 0 Å². The fourth-order valence-electron chi connectivity index (χ4n) is 4.58. The van der Waals surface area contributed by atoms with E-state index >= 15 is 0 Å². The van der Waals surface area contributed by atoms with Crippen LogP contribution in [0.2, 0.25) is 5.02 Å². The lowest BCUT2D eigenvalue weighted by Gasteiger charge is -2.51. The van der Waals surface area contributed by atoms with Crippen LogP contribution in [0.1, 0.15) is 32.6 Å². The molecule has 0 aromatic heterocycles. The Labute approximate surface area is 174 Å². The van der Waals surface area contributed by atoms with Crippen molar-refractivity contribution >= 4 is 23.4 Å². The first-order chi connectivity index (χ1) is 13.9. The normalized spacial score (nSPS) is 32.9. The van der Waals surface area contributed by atoms with Crippen LogP contribution in [0, 0.1) is 23.6 Å². The molecule has 158 valence electrons. The van der Waals surface area contributed by atoms with Crippen molar-refractivity contribution in [3.63, 3.8) is 0 Å². The number of hydrogen-bond donors (Lipinski definition) is 2. The highest BCUT2D eigenvalue weighted by atomic mass is 35.5. The summed E-state index contributed by atoms with van der Waals surface area (Å²) in [6, 6.07) is 4.13. The zero-order chi connectivity index (χ0) is 20.5. The summed E-state index contributed by atoms with van der Waals surface area (Å²) in [7, 11) is 0. The molecule has 3 saturated carbocycles. The second-order valence-electron chi connectivity index (χ2n) is 8.54. The maximum atomic E-state index is 13.5. The first kappa shape index (κ1) is 20.4. The minimum absolute atomic E-state index is 0.00627. The molecule has 2 N–H and O–H groups in total. The molecule has 1 aromatic carbocycles. The Hall–Kier alpha value is -1.86. The van der Waals surface area contributed by atoms with Gasteiger partial charge in [-0.3, -0.25) is 9.59 Å². The molecule has 1 heterocycles. The molecular weight excluding hydrogens is 399 g/mol. The van der Waals surface area contributed by atoms with E-state index in [4.69, 9.17) is 21.1 Å². The molecule has 5 rings (SSSR count). The van der Waals surface area contributed by atoms with Crippen molar-refractivity contribution in [2.24, 2.45) is 17.8 Å². The zero-order valence-electron chi connectivity index (χ0n) is 16.3. The van der Waals surface area contributed by atoms with Crippen LogP contribution in [0.15, 0.2) is 18.2 Å². The SMILES string of the molecule is CC1COC(C(=O)NC2CC(NC(=O)COc3ccc(Cl)c(F)c3)C3CC2C3)C1. The number of carbonyl (C=O) groups is 2. The maximum Gasteiger partial charge on any atom is 0.258 e. The minimum Gasteiger partial charge on any atom is -0.484 e. The Morgan fingerprint density at radius 2 is 1.90 bits per heavy atom. The third kappa shape index (κ3) is 4.67. The molecule has 4 fully saturated rings. The highest BCUT2D eigenvalue weighted by Crippen LogP contribution is 2.45. The zero-order valence-corrected chi connectivity index (χ0v) is 17.1. The average Bonchev–Trinajstić information content (AvgIpc) is 3.08. The molecule has 2 bridgehead atoms. The molecule has 2 amide bonds. The number of halogens is 2. The molecule has 29 heavy (non-hydrogen) atoms. The van der Waals surface area contributed by atoms with E-state index in [9.17, 15) is 14.0 Å². The van der Waals surface area contributed by atoms with Gasteiger partial charge in [0.25, 0.3) is 5.91 Å². The van der Waals surface area contributed by atoms with E-state index in [0.717, 1.165) is 25.3 Å². The van der Waals surface area contributed by atoms with Gasteiger partial charge in [0, 0.05) is 18.2 Å². The highest BCUT2D eigenvalue weighted by molar-refractivity contribution is 6.30. The van der Waals surface area contributed by atoms with Gasteiger partial charge in [0.1, 0.15) is 17.7 Å². The molecule has 8 heteroatoms. The van der Waals surface area contributed by atoms with Gasteiger partial charge >= 0.3 is 0 Å². The predicted octanol–water partition coefficient (Wildman–Crippen LogP) is 2.68. The molecule has 3 aliphatic carbocycles. The van der Waals surface area contributed by atoms with E-state index in [-0.39, 0.29) is 47.4 Å². The fraction of sp³-hybridized carbons (Fsp3) is 0.619. The van der Waals surface area contributed by atoms with Crippen molar-refractivity contribution in [3.8, 4) is 5.75 Å². The summed E-state index contributed by atoms with van der Waals surface area (Å²) in [6.07, 6.45) is 3.12. The lowest BCUT2D eigenvalue weighted by molar-refractivity contribution is -0.133. The van der Waals surface area contributed by atoms with Crippen molar-refractivity contribution in [2.75, 3.05) is 13.2 Å². The predicted molar refractivity (Wildman–Crippen MR) is 105 cm³/mol. The van der Waals surface area contributed by atoms with Gasteiger partial charge in [-0.1, -0.05) is 18.5 Å². The first-order valence-corrected chi connectivity index (χ1v) is 10.6. The van der Waals surface area contributed by atoms with E-state index < -0.39 is 5.82 Å². The van der Waals surface area contributed by atoms with Crippen molar-refractivity contribution in [1.29, 1.82) is 0 Å². The molecule has 4 unspecified atom stereocenters. The summed E-state index contributed by atoms with van der Waals surface area (Å²) in [6.45, 7) is 2.51. The first-order valence-electron chi connectivity index (χ1n) is 10.2. The molecule has 1 aromatic rings. The Morgan fingerprint density at radius 3 is 2.55 bits per heavy atom. The molecule has 4 aliphatic rings. The van der Waals surface area contributed by atoms with E-state index in [1.807, 2.05) is 0 Å². The van der Waals surface area contributed by atoms with Crippen molar-refractivity contribution in [2.45, 2.75) is 50.8 Å². The summed E-state index contributed by atoms with van der Waals surface area (Å²) in [5.74, 6) is 0.696. The van der Waals surface area contributed by atoms with Gasteiger partial charge < -0.3 is 20.1 Å². The average molecular weight is 425 g/mol. The standard InChI is InChI=1S/C21H26ClFN2O4/c1-11-4-19(29-9-11)21(27)25-18-8-17(12-5-13(18)6-12)24-20(26)10-28-14-2-3-15(22)16(23)7-14/h2-3,7,11-13,17-19H,4-6,8-10H2,1H3,(H,24,26)(H,25,27). The lowest BCUT2D eigenvalue weighted by Crippen LogP contribution is -2.60. The lowest BCUT2D eigenvalue weighted by atomic mass is 9.60. The van der Waals surface area contributed by atoms with E-state index in [0.29, 0.717) is 30.8 Å². The maximum absolute atomic E-state index is 13.5. The summed E-state index contributed by atoms with van der Waals surface area (Å²) in [5, 5.41) is 6.17. The van der Waals surface area contributed by atoms with Crippen molar-refractivity contribution in [3.05, 3.63) is 29.0 Å².